The molecule has 5 nitrogen and oxygen atoms in total. The molecule has 0 radical (unpaired) electrons. The molecule has 3 heterocycles. The largest absolute Gasteiger partial charge is 0.337 e. The van der Waals surface area contributed by atoms with Gasteiger partial charge in [0, 0.05) is 26.3 Å². The Balaban J connectivity index is 1.44. The third-order valence-corrected chi connectivity index (χ3v) is 5.41. The maximum Gasteiger partial charge on any atom is 0.233 e. The van der Waals surface area contributed by atoms with Crippen LogP contribution in [0.5, 0.6) is 0 Å². The van der Waals surface area contributed by atoms with Crippen LogP contribution in [0.4, 0.5) is 0 Å². The number of thioether (sulfide) groups is 1. The van der Waals surface area contributed by atoms with Crippen LogP contribution in [0.1, 0.15) is 11.1 Å². The van der Waals surface area contributed by atoms with Crippen LogP contribution in [0.2, 0.25) is 0 Å². The first-order valence-electron chi connectivity index (χ1n) is 7.97. The van der Waals surface area contributed by atoms with E-state index in [1.165, 1.54) is 22.9 Å². The molecule has 0 unspecified atom stereocenters. The van der Waals surface area contributed by atoms with Crippen LogP contribution in [0.25, 0.3) is 11.2 Å². The van der Waals surface area contributed by atoms with Crippen molar-refractivity contribution in [3.05, 3.63) is 53.7 Å². The lowest BCUT2D eigenvalue weighted by molar-refractivity contribution is -0.129. The number of aryl methyl sites for hydroxylation is 1. The zero-order chi connectivity index (χ0) is 16.5. The minimum absolute atomic E-state index is 0.162. The zero-order valence-corrected chi connectivity index (χ0v) is 14.3. The van der Waals surface area contributed by atoms with Gasteiger partial charge in [0.25, 0.3) is 0 Å². The molecule has 1 aromatic carbocycles. The zero-order valence-electron chi connectivity index (χ0n) is 13.5. The Morgan fingerprint density at radius 1 is 1.21 bits per heavy atom. The van der Waals surface area contributed by atoms with Crippen molar-refractivity contribution in [2.45, 2.75) is 18.1 Å². The molecule has 0 fully saturated rings. The molecule has 0 saturated carbocycles. The summed E-state index contributed by atoms with van der Waals surface area (Å²) in [6, 6.07) is 12.2. The Bertz CT molecular complexity index is 905. The molecular weight excluding hydrogens is 320 g/mol. The lowest BCUT2D eigenvalue weighted by Gasteiger charge is -2.28. The van der Waals surface area contributed by atoms with Gasteiger partial charge in [0.05, 0.1) is 5.75 Å². The number of hydrogen-bond donors (Lipinski definition) is 0. The van der Waals surface area contributed by atoms with Crippen molar-refractivity contribution in [3.63, 3.8) is 0 Å². The molecule has 1 amide bonds. The molecule has 0 aliphatic carbocycles. The van der Waals surface area contributed by atoms with Crippen LogP contribution >= 0.6 is 11.8 Å². The Morgan fingerprint density at radius 3 is 2.88 bits per heavy atom. The molecule has 0 spiro atoms. The highest BCUT2D eigenvalue weighted by atomic mass is 32.2. The van der Waals surface area contributed by atoms with Crippen LogP contribution in [0.3, 0.4) is 0 Å². The molecule has 3 aromatic rings. The van der Waals surface area contributed by atoms with Gasteiger partial charge in [0.1, 0.15) is 5.52 Å². The van der Waals surface area contributed by atoms with Gasteiger partial charge in [-0.1, -0.05) is 36.0 Å². The molecule has 1 aliphatic rings. The van der Waals surface area contributed by atoms with E-state index in [0.29, 0.717) is 12.3 Å². The van der Waals surface area contributed by atoms with Crippen LogP contribution < -0.4 is 0 Å². The summed E-state index contributed by atoms with van der Waals surface area (Å²) in [7, 11) is 1.94. The van der Waals surface area contributed by atoms with Gasteiger partial charge in [0.15, 0.2) is 10.8 Å². The van der Waals surface area contributed by atoms with E-state index in [-0.39, 0.29) is 5.91 Å². The first-order valence-corrected chi connectivity index (χ1v) is 8.96. The maximum absolute atomic E-state index is 12.6. The molecule has 1 aliphatic heterocycles. The summed E-state index contributed by atoms with van der Waals surface area (Å²) in [5.74, 6) is 0.564. The fourth-order valence-corrected chi connectivity index (χ4v) is 3.94. The second-order valence-electron chi connectivity index (χ2n) is 5.92. The summed E-state index contributed by atoms with van der Waals surface area (Å²) in [6.07, 6.45) is 2.69. The number of rotatable bonds is 3. The van der Waals surface area contributed by atoms with Crippen molar-refractivity contribution < 1.29 is 4.79 Å². The second kappa shape index (κ2) is 6.28. The first-order chi connectivity index (χ1) is 11.7. The van der Waals surface area contributed by atoms with Gasteiger partial charge in [-0.2, -0.15) is 0 Å². The minimum atomic E-state index is 0.162. The average Bonchev–Trinajstić information content (AvgIpc) is 2.95. The molecule has 4 rings (SSSR count). The van der Waals surface area contributed by atoms with Gasteiger partial charge < -0.3 is 9.47 Å². The van der Waals surface area contributed by atoms with Gasteiger partial charge in [-0.05, 0) is 29.7 Å². The number of carbonyl (C=O) groups excluding carboxylic acids is 1. The molecule has 122 valence electrons. The summed E-state index contributed by atoms with van der Waals surface area (Å²) >= 11 is 1.48. The number of nitrogens with zero attached hydrogens (tertiary/aromatic N) is 4. The highest BCUT2D eigenvalue weighted by Crippen LogP contribution is 2.23. The number of amides is 1. The van der Waals surface area contributed by atoms with Crippen molar-refractivity contribution in [2.75, 3.05) is 12.3 Å². The van der Waals surface area contributed by atoms with Crippen molar-refractivity contribution in [2.24, 2.45) is 7.05 Å². The normalized spacial score (nSPS) is 14.0. The Morgan fingerprint density at radius 2 is 2.04 bits per heavy atom. The number of imidazole rings is 1. The summed E-state index contributed by atoms with van der Waals surface area (Å²) < 4.78 is 1.94. The summed E-state index contributed by atoms with van der Waals surface area (Å²) in [5, 5.41) is 0.828. The molecule has 0 N–H and O–H groups in total. The number of benzene rings is 1. The molecule has 0 bridgehead atoms. The smallest absolute Gasteiger partial charge is 0.233 e. The molecule has 24 heavy (non-hydrogen) atoms. The number of aromatic nitrogens is 3. The predicted octanol–water partition coefficient (Wildman–Crippen LogP) is 2.65. The van der Waals surface area contributed by atoms with Crippen LogP contribution in [0.15, 0.2) is 47.8 Å². The van der Waals surface area contributed by atoms with Crippen molar-refractivity contribution in [3.8, 4) is 0 Å². The lowest BCUT2D eigenvalue weighted by Crippen LogP contribution is -2.37. The van der Waals surface area contributed by atoms with E-state index >= 15 is 0 Å². The first kappa shape index (κ1) is 15.2. The summed E-state index contributed by atoms with van der Waals surface area (Å²) in [6.45, 7) is 1.50. The molecule has 6 heteroatoms. The van der Waals surface area contributed by atoms with Gasteiger partial charge in [-0.3, -0.25) is 4.79 Å². The fourth-order valence-electron chi connectivity index (χ4n) is 3.06. The summed E-state index contributed by atoms with van der Waals surface area (Å²) in [5.41, 5.74) is 4.32. The fraction of sp³-hybridized carbons (Fsp3) is 0.278. The third kappa shape index (κ3) is 2.78. The lowest BCUT2D eigenvalue weighted by atomic mass is 10.00. The van der Waals surface area contributed by atoms with E-state index in [9.17, 15) is 4.79 Å². The number of hydrogen-bond acceptors (Lipinski definition) is 4. The minimum Gasteiger partial charge on any atom is -0.337 e. The molecule has 0 saturated heterocycles. The Labute approximate surface area is 144 Å². The monoisotopic (exact) mass is 338 g/mol. The van der Waals surface area contributed by atoms with E-state index in [4.69, 9.17) is 0 Å². The van der Waals surface area contributed by atoms with Crippen LogP contribution in [-0.4, -0.2) is 37.6 Å². The SMILES string of the molecule is Cn1c(SCC(=O)N2CCc3ccccc3C2)nc2cccnc21. The van der Waals surface area contributed by atoms with E-state index in [2.05, 4.69) is 28.2 Å². The van der Waals surface area contributed by atoms with Gasteiger partial charge in [-0.15, -0.1) is 0 Å². The standard InChI is InChI=1S/C18H18N4OS/c1-21-17-15(7-4-9-19-17)20-18(21)24-12-16(23)22-10-8-13-5-2-3-6-14(13)11-22/h2-7,9H,8,10-12H2,1H3. The maximum atomic E-state index is 12.6. The molecule has 2 aromatic heterocycles. The number of pyridine rings is 1. The Kier molecular flexibility index (Phi) is 3.98. The number of fused-ring (bicyclic) bond motifs is 2. The average molecular weight is 338 g/mol. The van der Waals surface area contributed by atoms with Gasteiger partial charge >= 0.3 is 0 Å². The highest BCUT2D eigenvalue weighted by Gasteiger charge is 2.21. The summed E-state index contributed by atoms with van der Waals surface area (Å²) in [4.78, 5) is 23.4. The van der Waals surface area contributed by atoms with Crippen LogP contribution in [0, 0.1) is 0 Å². The molecular formula is C18H18N4OS. The van der Waals surface area contributed by atoms with E-state index in [1.54, 1.807) is 6.20 Å². The van der Waals surface area contributed by atoms with Crippen molar-refractivity contribution in [1.29, 1.82) is 0 Å². The van der Waals surface area contributed by atoms with Crippen LogP contribution in [-0.2, 0) is 24.8 Å². The third-order valence-electron chi connectivity index (χ3n) is 4.39. The van der Waals surface area contributed by atoms with E-state index in [1.807, 2.05) is 34.7 Å². The van der Waals surface area contributed by atoms with Crippen molar-refractivity contribution >= 4 is 28.8 Å². The predicted molar refractivity (Wildman–Crippen MR) is 94.8 cm³/mol. The highest BCUT2D eigenvalue weighted by molar-refractivity contribution is 7.99. The van der Waals surface area contributed by atoms with Gasteiger partial charge in [-0.25, -0.2) is 9.97 Å². The second-order valence-corrected chi connectivity index (χ2v) is 6.86. The Hall–Kier alpha value is -2.34. The van der Waals surface area contributed by atoms with E-state index in [0.717, 1.165) is 29.3 Å². The van der Waals surface area contributed by atoms with Gasteiger partial charge in [0.2, 0.25) is 5.91 Å². The molecule has 0 atom stereocenters. The quantitative estimate of drug-likeness (QED) is 0.689. The number of carbonyl (C=O) groups is 1. The van der Waals surface area contributed by atoms with E-state index < -0.39 is 0 Å². The topological polar surface area (TPSA) is 51.0 Å². The van der Waals surface area contributed by atoms with Crippen molar-refractivity contribution in [1.82, 2.24) is 19.4 Å².